The summed E-state index contributed by atoms with van der Waals surface area (Å²) in [7, 11) is 1.90. The molecule has 2 aliphatic rings. The number of unbranched alkanes of at least 4 members (excludes halogenated alkanes) is 1. The van der Waals surface area contributed by atoms with Crippen LogP contribution < -0.4 is 0 Å². The standard InChI is InChI=1S/C21H31NO4S/c1-22(18-7-3-2-4-8-18)21(24)19-13-17(16-9-12-27-15-16)14-20(26-19)25-11-6-5-10-23/h9,12-13,15,17-18,20,23H,2-8,10-11,14H2,1H3/t17-,20+/m0/s1. The van der Waals surface area contributed by atoms with Crippen LogP contribution in [0.1, 0.15) is 62.8 Å². The lowest BCUT2D eigenvalue weighted by Crippen LogP contribution is -2.41. The van der Waals surface area contributed by atoms with E-state index in [0.29, 0.717) is 31.2 Å². The maximum absolute atomic E-state index is 13.1. The number of hydrogen-bond acceptors (Lipinski definition) is 5. The van der Waals surface area contributed by atoms with E-state index < -0.39 is 6.29 Å². The summed E-state index contributed by atoms with van der Waals surface area (Å²) in [5.41, 5.74) is 1.21. The van der Waals surface area contributed by atoms with Crippen molar-refractivity contribution >= 4 is 17.2 Å². The van der Waals surface area contributed by atoms with Crippen LogP contribution in [0.2, 0.25) is 0 Å². The lowest BCUT2D eigenvalue weighted by Gasteiger charge is -2.34. The van der Waals surface area contributed by atoms with Crippen molar-refractivity contribution in [1.29, 1.82) is 0 Å². The first-order chi connectivity index (χ1) is 13.2. The monoisotopic (exact) mass is 393 g/mol. The number of carbonyl (C=O) groups excluding carboxylic acids is 1. The number of hydrogen-bond donors (Lipinski definition) is 1. The third kappa shape index (κ3) is 5.56. The van der Waals surface area contributed by atoms with Gasteiger partial charge in [0, 0.05) is 32.0 Å². The Morgan fingerprint density at radius 2 is 2.15 bits per heavy atom. The van der Waals surface area contributed by atoms with E-state index in [1.807, 2.05) is 18.0 Å². The average Bonchev–Trinajstić information content (AvgIpc) is 3.25. The van der Waals surface area contributed by atoms with Crippen molar-refractivity contribution in [3.05, 3.63) is 34.2 Å². The van der Waals surface area contributed by atoms with Gasteiger partial charge in [-0.3, -0.25) is 4.79 Å². The summed E-state index contributed by atoms with van der Waals surface area (Å²) in [5, 5.41) is 13.1. The van der Waals surface area contributed by atoms with Crippen LogP contribution >= 0.6 is 11.3 Å². The first-order valence-corrected chi connectivity index (χ1v) is 11.0. The molecule has 0 radical (unpaired) electrons. The fourth-order valence-electron chi connectivity index (χ4n) is 3.87. The molecule has 1 aromatic heterocycles. The summed E-state index contributed by atoms with van der Waals surface area (Å²) in [6, 6.07) is 2.41. The van der Waals surface area contributed by atoms with Gasteiger partial charge < -0.3 is 19.5 Å². The van der Waals surface area contributed by atoms with Crippen LogP contribution in [0.15, 0.2) is 28.7 Å². The van der Waals surface area contributed by atoms with Crippen molar-refractivity contribution < 1.29 is 19.4 Å². The topological polar surface area (TPSA) is 59.0 Å². The smallest absolute Gasteiger partial charge is 0.288 e. The van der Waals surface area contributed by atoms with E-state index in [0.717, 1.165) is 19.3 Å². The highest BCUT2D eigenvalue weighted by atomic mass is 32.1. The first kappa shape index (κ1) is 20.4. The maximum Gasteiger partial charge on any atom is 0.288 e. The Morgan fingerprint density at radius 1 is 1.33 bits per heavy atom. The van der Waals surface area contributed by atoms with Gasteiger partial charge in [-0.1, -0.05) is 19.3 Å². The maximum atomic E-state index is 13.1. The van der Waals surface area contributed by atoms with E-state index >= 15 is 0 Å². The minimum Gasteiger partial charge on any atom is -0.459 e. The van der Waals surface area contributed by atoms with Crippen LogP contribution in [-0.2, 0) is 14.3 Å². The highest BCUT2D eigenvalue weighted by Crippen LogP contribution is 2.34. The molecule has 1 aliphatic heterocycles. The lowest BCUT2D eigenvalue weighted by molar-refractivity contribution is -0.153. The average molecular weight is 394 g/mol. The molecule has 0 bridgehead atoms. The Bertz CT molecular complexity index is 610. The zero-order chi connectivity index (χ0) is 19.1. The van der Waals surface area contributed by atoms with Gasteiger partial charge in [-0.2, -0.15) is 11.3 Å². The molecule has 0 saturated heterocycles. The molecule has 1 N–H and O–H groups in total. The second-order valence-electron chi connectivity index (χ2n) is 7.49. The Kier molecular flexibility index (Phi) is 7.73. The third-order valence-corrected chi connectivity index (χ3v) is 6.24. The van der Waals surface area contributed by atoms with Gasteiger partial charge in [0.25, 0.3) is 5.91 Å². The molecule has 5 nitrogen and oxygen atoms in total. The number of likely N-dealkylation sites (N-methyl/N-ethyl adjacent to an activating group) is 1. The molecular weight excluding hydrogens is 362 g/mol. The second kappa shape index (κ2) is 10.2. The van der Waals surface area contributed by atoms with Crippen molar-refractivity contribution in [3.8, 4) is 0 Å². The first-order valence-electron chi connectivity index (χ1n) is 10.1. The van der Waals surface area contributed by atoms with Crippen LogP contribution in [0.4, 0.5) is 0 Å². The number of rotatable bonds is 8. The molecule has 0 spiro atoms. The molecule has 1 aromatic rings. The third-order valence-electron chi connectivity index (χ3n) is 5.54. The Morgan fingerprint density at radius 3 is 2.85 bits per heavy atom. The van der Waals surface area contributed by atoms with Crippen LogP contribution in [0.3, 0.4) is 0 Å². The van der Waals surface area contributed by atoms with Crippen molar-refractivity contribution in [1.82, 2.24) is 4.90 Å². The zero-order valence-electron chi connectivity index (χ0n) is 16.1. The van der Waals surface area contributed by atoms with Gasteiger partial charge >= 0.3 is 0 Å². The molecule has 1 aliphatic carbocycles. The Hall–Kier alpha value is -1.37. The number of carbonyl (C=O) groups is 1. The predicted octanol–water partition coefficient (Wildman–Crippen LogP) is 4.04. The summed E-state index contributed by atoms with van der Waals surface area (Å²) < 4.78 is 11.8. The van der Waals surface area contributed by atoms with E-state index in [-0.39, 0.29) is 18.4 Å². The highest BCUT2D eigenvalue weighted by molar-refractivity contribution is 7.08. The van der Waals surface area contributed by atoms with Gasteiger partial charge in [-0.05, 0) is 54.1 Å². The molecule has 27 heavy (non-hydrogen) atoms. The largest absolute Gasteiger partial charge is 0.459 e. The number of aliphatic hydroxyl groups excluding tert-OH is 1. The molecular formula is C21H31NO4S. The highest BCUT2D eigenvalue weighted by Gasteiger charge is 2.32. The van der Waals surface area contributed by atoms with E-state index in [1.54, 1.807) is 11.3 Å². The van der Waals surface area contributed by atoms with E-state index in [9.17, 15) is 4.79 Å². The molecule has 2 heterocycles. The minimum absolute atomic E-state index is 0.0363. The second-order valence-corrected chi connectivity index (χ2v) is 8.27. The van der Waals surface area contributed by atoms with E-state index in [4.69, 9.17) is 14.6 Å². The Balaban J connectivity index is 1.69. The molecule has 2 atom stereocenters. The number of nitrogens with zero attached hydrogens (tertiary/aromatic N) is 1. The van der Waals surface area contributed by atoms with Crippen molar-refractivity contribution in [3.63, 3.8) is 0 Å². The minimum atomic E-state index is -0.419. The fourth-order valence-corrected chi connectivity index (χ4v) is 4.59. The molecule has 6 heteroatoms. The van der Waals surface area contributed by atoms with Crippen LogP contribution in [-0.4, -0.2) is 48.5 Å². The number of aliphatic hydroxyl groups is 1. The summed E-state index contributed by atoms with van der Waals surface area (Å²) in [4.78, 5) is 14.9. The Labute approximate surface area is 166 Å². The van der Waals surface area contributed by atoms with Gasteiger partial charge in [0.05, 0.1) is 6.61 Å². The van der Waals surface area contributed by atoms with E-state index in [2.05, 4.69) is 16.8 Å². The molecule has 150 valence electrons. The van der Waals surface area contributed by atoms with Gasteiger partial charge in [0.2, 0.25) is 6.29 Å². The number of allylic oxidation sites excluding steroid dienone is 1. The molecule has 1 amide bonds. The molecule has 3 rings (SSSR count). The molecule has 0 aromatic carbocycles. The fraction of sp³-hybridized carbons (Fsp3) is 0.667. The van der Waals surface area contributed by atoms with Crippen molar-refractivity contribution in [2.75, 3.05) is 20.3 Å². The van der Waals surface area contributed by atoms with Gasteiger partial charge in [0.1, 0.15) is 0 Å². The molecule has 1 saturated carbocycles. The van der Waals surface area contributed by atoms with Gasteiger partial charge in [-0.25, -0.2) is 0 Å². The number of amides is 1. The van der Waals surface area contributed by atoms with Crippen molar-refractivity contribution in [2.45, 2.75) is 69.6 Å². The van der Waals surface area contributed by atoms with Crippen LogP contribution in [0, 0.1) is 0 Å². The van der Waals surface area contributed by atoms with Crippen LogP contribution in [0.25, 0.3) is 0 Å². The number of ether oxygens (including phenoxy) is 2. The lowest BCUT2D eigenvalue weighted by atomic mass is 9.93. The normalized spacial score (nSPS) is 23.6. The van der Waals surface area contributed by atoms with Crippen LogP contribution in [0.5, 0.6) is 0 Å². The van der Waals surface area contributed by atoms with Gasteiger partial charge in [0.15, 0.2) is 5.76 Å². The summed E-state index contributed by atoms with van der Waals surface area (Å²) in [5.74, 6) is 0.509. The summed E-state index contributed by atoms with van der Waals surface area (Å²) in [6.45, 7) is 0.698. The summed E-state index contributed by atoms with van der Waals surface area (Å²) in [6.07, 6.45) is 9.55. The SMILES string of the molecule is CN(C(=O)C1=C[C@H](c2ccsc2)C[C@H](OCCCCO)O1)C1CCCCC1. The van der Waals surface area contributed by atoms with E-state index in [1.165, 1.54) is 24.8 Å². The number of thiophene rings is 1. The van der Waals surface area contributed by atoms with Gasteiger partial charge in [-0.15, -0.1) is 0 Å². The molecule has 1 fully saturated rings. The molecule has 0 unspecified atom stereocenters. The van der Waals surface area contributed by atoms with Crippen molar-refractivity contribution in [2.24, 2.45) is 0 Å². The zero-order valence-corrected chi connectivity index (χ0v) is 17.0. The quantitative estimate of drug-likeness (QED) is 0.677. The summed E-state index contributed by atoms with van der Waals surface area (Å²) >= 11 is 1.66. The predicted molar refractivity (Wildman–Crippen MR) is 107 cm³/mol.